The molecule has 0 bridgehead atoms. The van der Waals surface area contributed by atoms with Crippen molar-refractivity contribution in [3.05, 3.63) is 44.4 Å². The molecule has 15 heavy (non-hydrogen) atoms. The van der Waals surface area contributed by atoms with Crippen LogP contribution in [0.5, 0.6) is 0 Å². The van der Waals surface area contributed by atoms with Crippen LogP contribution in [0, 0.1) is 20.6 Å². The van der Waals surface area contributed by atoms with Crippen LogP contribution in [0.1, 0.15) is 23.2 Å². The smallest absolute Gasteiger partial charge is 0.283 e. The molecule has 79 valence electrons. The predicted molar refractivity (Wildman–Crippen MR) is 64.7 cm³/mol. The molecule has 0 amide bonds. The van der Waals surface area contributed by atoms with E-state index >= 15 is 0 Å². The number of hydrogen-bond donors (Lipinski definition) is 0. The van der Waals surface area contributed by atoms with Crippen LogP contribution in [0.15, 0.2) is 18.2 Å². The van der Waals surface area contributed by atoms with Gasteiger partial charge in [0.15, 0.2) is 5.78 Å². The second kappa shape index (κ2) is 5.20. The van der Waals surface area contributed by atoms with Crippen LogP contribution in [-0.2, 0) is 0 Å². The largest absolute Gasteiger partial charge is 0.294 e. The van der Waals surface area contributed by atoms with Crippen LogP contribution in [0.25, 0.3) is 0 Å². The Morgan fingerprint density at radius 1 is 1.53 bits per heavy atom. The number of carbonyl (C=O) groups excluding carboxylic acids is 1. The lowest BCUT2D eigenvalue weighted by molar-refractivity contribution is -0.385. The van der Waals surface area contributed by atoms with E-state index in [-0.39, 0.29) is 11.5 Å². The van der Waals surface area contributed by atoms with Gasteiger partial charge in [-0.3, -0.25) is 14.9 Å². The third-order valence-corrected chi connectivity index (χ3v) is 2.78. The van der Waals surface area contributed by atoms with Gasteiger partial charge >= 0.3 is 0 Å². The van der Waals surface area contributed by atoms with E-state index in [2.05, 4.69) is 6.92 Å². The van der Waals surface area contributed by atoms with Crippen molar-refractivity contribution in [3.8, 4) is 0 Å². The molecule has 0 atom stereocenters. The van der Waals surface area contributed by atoms with Gasteiger partial charge in [-0.05, 0) is 41.1 Å². The molecule has 0 aromatic heterocycles. The molecule has 1 rings (SSSR count). The molecule has 0 heterocycles. The highest BCUT2D eigenvalue weighted by Crippen LogP contribution is 2.22. The van der Waals surface area contributed by atoms with Gasteiger partial charge in [-0.2, -0.15) is 0 Å². The topological polar surface area (TPSA) is 60.2 Å². The Kier molecular flexibility index (Phi) is 4.19. The Bertz CT molecular complexity index is 404. The summed E-state index contributed by atoms with van der Waals surface area (Å²) >= 11 is 1.87. The van der Waals surface area contributed by atoms with E-state index in [0.717, 1.165) is 0 Å². The number of Topliss-reactive ketones (excluding diaryl/α,β-unsaturated/α-hetero) is 1. The fourth-order valence-corrected chi connectivity index (χ4v) is 1.66. The Hall–Kier alpha value is -0.980. The van der Waals surface area contributed by atoms with Crippen molar-refractivity contribution in [2.45, 2.75) is 12.8 Å². The van der Waals surface area contributed by atoms with E-state index in [1.807, 2.05) is 22.6 Å². The minimum absolute atomic E-state index is 0.0227. The van der Waals surface area contributed by atoms with Crippen LogP contribution in [0.3, 0.4) is 0 Å². The molecule has 0 aliphatic heterocycles. The second-order valence-electron chi connectivity index (χ2n) is 2.95. The highest BCUT2D eigenvalue weighted by molar-refractivity contribution is 14.1. The number of halogens is 1. The zero-order valence-corrected chi connectivity index (χ0v) is 10.1. The number of carbonyl (C=O) groups is 1. The summed E-state index contributed by atoms with van der Waals surface area (Å²) in [5, 5.41) is 10.6. The summed E-state index contributed by atoms with van der Waals surface area (Å²) in [6, 6.07) is 4.50. The summed E-state index contributed by atoms with van der Waals surface area (Å²) in [5.41, 5.74) is 0.358. The minimum atomic E-state index is -0.483. The molecule has 1 radical (unpaired) electrons. The third-order valence-electron chi connectivity index (χ3n) is 1.87. The van der Waals surface area contributed by atoms with Gasteiger partial charge in [0.05, 0.1) is 8.49 Å². The third kappa shape index (κ3) is 2.98. The van der Waals surface area contributed by atoms with Gasteiger partial charge in [-0.25, -0.2) is 0 Å². The molecule has 0 aliphatic carbocycles. The fraction of sp³-hybridized carbons (Fsp3) is 0.200. The molecular formula is C10H9INO3. The number of benzene rings is 1. The molecule has 0 aliphatic rings. The average Bonchev–Trinajstić information content (AvgIpc) is 2.18. The lowest BCUT2D eigenvalue weighted by atomic mass is 10.1. The first-order chi connectivity index (χ1) is 7.06. The molecule has 0 saturated carbocycles. The number of hydrogen-bond acceptors (Lipinski definition) is 3. The Morgan fingerprint density at radius 3 is 2.73 bits per heavy atom. The molecule has 0 fully saturated rings. The van der Waals surface area contributed by atoms with Crippen LogP contribution < -0.4 is 0 Å². The summed E-state index contributed by atoms with van der Waals surface area (Å²) in [5.74, 6) is -0.107. The molecule has 1 aromatic carbocycles. The molecule has 0 N–H and O–H groups in total. The van der Waals surface area contributed by atoms with E-state index in [1.165, 1.54) is 6.07 Å². The van der Waals surface area contributed by atoms with E-state index in [4.69, 9.17) is 0 Å². The van der Waals surface area contributed by atoms with Gasteiger partial charge in [-0.15, -0.1) is 0 Å². The van der Waals surface area contributed by atoms with Gasteiger partial charge in [0, 0.05) is 18.1 Å². The van der Waals surface area contributed by atoms with Gasteiger partial charge in [0.25, 0.3) is 5.69 Å². The monoisotopic (exact) mass is 318 g/mol. The molecule has 0 spiro atoms. The van der Waals surface area contributed by atoms with E-state index in [0.29, 0.717) is 22.0 Å². The summed E-state index contributed by atoms with van der Waals surface area (Å²) < 4.78 is 0.531. The van der Waals surface area contributed by atoms with Crippen molar-refractivity contribution in [3.63, 3.8) is 0 Å². The summed E-state index contributed by atoms with van der Waals surface area (Å²) in [6.07, 6.45) is 0.816. The van der Waals surface area contributed by atoms with Crippen LogP contribution in [0.2, 0.25) is 0 Å². The summed E-state index contributed by atoms with van der Waals surface area (Å²) in [7, 11) is 0. The first kappa shape index (κ1) is 12.1. The van der Waals surface area contributed by atoms with Crippen molar-refractivity contribution in [1.82, 2.24) is 0 Å². The lowest BCUT2D eigenvalue weighted by Crippen LogP contribution is -2.00. The summed E-state index contributed by atoms with van der Waals surface area (Å²) in [4.78, 5) is 21.6. The first-order valence-electron chi connectivity index (χ1n) is 4.32. The zero-order chi connectivity index (χ0) is 11.4. The molecular weight excluding hydrogens is 309 g/mol. The van der Waals surface area contributed by atoms with Gasteiger partial charge in [-0.1, -0.05) is 6.92 Å². The highest BCUT2D eigenvalue weighted by Gasteiger charge is 2.15. The minimum Gasteiger partial charge on any atom is -0.294 e. The van der Waals surface area contributed by atoms with E-state index in [1.54, 1.807) is 12.1 Å². The fourth-order valence-electron chi connectivity index (χ4n) is 1.13. The van der Waals surface area contributed by atoms with Crippen molar-refractivity contribution >= 4 is 34.1 Å². The molecule has 1 aromatic rings. The number of nitro benzene ring substituents is 1. The Labute approximate surface area is 101 Å². The first-order valence-corrected chi connectivity index (χ1v) is 5.40. The van der Waals surface area contributed by atoms with Gasteiger partial charge < -0.3 is 0 Å². The number of rotatable bonds is 4. The van der Waals surface area contributed by atoms with Crippen LogP contribution in [-0.4, -0.2) is 10.7 Å². The van der Waals surface area contributed by atoms with E-state index in [9.17, 15) is 14.9 Å². The molecule has 5 heteroatoms. The standard InChI is InChI=1S/C10H9INO3/c1-2-3-10(13)7-4-5-8(11)9(6-7)12(14)15/h4-6H,1-3H2. The Morgan fingerprint density at radius 2 is 2.20 bits per heavy atom. The summed E-state index contributed by atoms with van der Waals surface area (Å²) in [6.45, 7) is 3.57. The van der Waals surface area contributed by atoms with Crippen LogP contribution >= 0.6 is 22.6 Å². The molecule has 0 unspecified atom stereocenters. The van der Waals surface area contributed by atoms with Crippen molar-refractivity contribution in [1.29, 1.82) is 0 Å². The average molecular weight is 318 g/mol. The van der Waals surface area contributed by atoms with Gasteiger partial charge in [0.2, 0.25) is 0 Å². The van der Waals surface area contributed by atoms with Crippen molar-refractivity contribution in [2.75, 3.05) is 0 Å². The zero-order valence-electron chi connectivity index (χ0n) is 7.90. The highest BCUT2D eigenvalue weighted by atomic mass is 127. The van der Waals surface area contributed by atoms with Crippen molar-refractivity contribution < 1.29 is 9.72 Å². The van der Waals surface area contributed by atoms with E-state index < -0.39 is 4.92 Å². The van der Waals surface area contributed by atoms with Crippen molar-refractivity contribution in [2.24, 2.45) is 0 Å². The normalized spacial score (nSPS) is 10.0. The number of nitro groups is 1. The SMILES string of the molecule is [CH2]CCC(=O)c1ccc(I)c([N+](=O)[O-])c1. The maximum Gasteiger partial charge on any atom is 0.283 e. The quantitative estimate of drug-likeness (QED) is 0.371. The maximum atomic E-state index is 11.5. The maximum absolute atomic E-state index is 11.5. The molecule has 0 saturated heterocycles. The molecule has 4 nitrogen and oxygen atoms in total. The second-order valence-corrected chi connectivity index (χ2v) is 4.11. The number of nitrogens with zero attached hydrogens (tertiary/aromatic N) is 1. The lowest BCUT2D eigenvalue weighted by Gasteiger charge is -2.00. The van der Waals surface area contributed by atoms with Gasteiger partial charge in [0.1, 0.15) is 0 Å². The number of ketones is 1. The van der Waals surface area contributed by atoms with Crippen LogP contribution in [0.4, 0.5) is 5.69 Å². The predicted octanol–water partition coefficient (Wildman–Crippen LogP) is 3.00. The Balaban J connectivity index is 3.07.